The lowest BCUT2D eigenvalue weighted by molar-refractivity contribution is -0.137. The fraction of sp³-hybridized carbons (Fsp3) is 0.429. The van der Waals surface area contributed by atoms with Crippen LogP contribution >= 0.6 is 0 Å². The van der Waals surface area contributed by atoms with Gasteiger partial charge in [0.15, 0.2) is 0 Å². The summed E-state index contributed by atoms with van der Waals surface area (Å²) in [5.74, 6) is -0.284. The zero-order chi connectivity index (χ0) is 14.1. The summed E-state index contributed by atoms with van der Waals surface area (Å²) in [6.07, 6.45) is 0.865. The summed E-state index contributed by atoms with van der Waals surface area (Å²) < 4.78 is 5.45. The topological polar surface area (TPSA) is 75.6 Å². The summed E-state index contributed by atoms with van der Waals surface area (Å²) in [7, 11) is 0. The molecule has 104 valence electrons. The Morgan fingerprint density at radius 2 is 2.00 bits per heavy atom. The molecule has 0 aliphatic heterocycles. The first-order valence-corrected chi connectivity index (χ1v) is 6.27. The average Bonchev–Trinajstić information content (AvgIpc) is 2.35. The first-order chi connectivity index (χ1) is 9.08. The second-order valence-electron chi connectivity index (χ2n) is 4.33. The van der Waals surface area contributed by atoms with Crippen LogP contribution in [0.4, 0.5) is 0 Å². The van der Waals surface area contributed by atoms with Gasteiger partial charge in [0.1, 0.15) is 5.75 Å². The van der Waals surface area contributed by atoms with E-state index >= 15 is 0 Å². The van der Waals surface area contributed by atoms with E-state index in [-0.39, 0.29) is 18.4 Å². The van der Waals surface area contributed by atoms with Gasteiger partial charge < -0.3 is 15.2 Å². The number of hydrogen-bond donors (Lipinski definition) is 2. The Labute approximate surface area is 112 Å². The number of aliphatic carboxylic acids is 1. The van der Waals surface area contributed by atoms with Crippen molar-refractivity contribution in [2.45, 2.75) is 32.2 Å². The SMILES string of the molecule is CC(CC(=O)O)NC(=O)CCCOc1ccccc1. The lowest BCUT2D eigenvalue weighted by Crippen LogP contribution is -2.34. The highest BCUT2D eigenvalue weighted by Gasteiger charge is 2.10. The van der Waals surface area contributed by atoms with Crippen molar-refractivity contribution >= 4 is 11.9 Å². The summed E-state index contributed by atoms with van der Waals surface area (Å²) in [4.78, 5) is 21.9. The van der Waals surface area contributed by atoms with Crippen LogP contribution in [0.2, 0.25) is 0 Å². The van der Waals surface area contributed by atoms with E-state index in [9.17, 15) is 9.59 Å². The third-order valence-corrected chi connectivity index (χ3v) is 2.45. The van der Waals surface area contributed by atoms with Gasteiger partial charge in [0, 0.05) is 12.5 Å². The van der Waals surface area contributed by atoms with Crippen LogP contribution in [0.3, 0.4) is 0 Å². The van der Waals surface area contributed by atoms with Crippen LogP contribution < -0.4 is 10.1 Å². The smallest absolute Gasteiger partial charge is 0.305 e. The van der Waals surface area contributed by atoms with E-state index < -0.39 is 5.97 Å². The molecule has 0 fully saturated rings. The van der Waals surface area contributed by atoms with E-state index in [1.807, 2.05) is 30.3 Å². The molecule has 1 aromatic carbocycles. The van der Waals surface area contributed by atoms with Crippen LogP contribution in [-0.4, -0.2) is 29.6 Å². The normalized spacial score (nSPS) is 11.6. The molecule has 1 aromatic rings. The van der Waals surface area contributed by atoms with E-state index in [1.165, 1.54) is 0 Å². The predicted molar refractivity (Wildman–Crippen MR) is 71.0 cm³/mol. The number of carbonyl (C=O) groups is 2. The lowest BCUT2D eigenvalue weighted by atomic mass is 10.2. The Morgan fingerprint density at radius 3 is 2.63 bits per heavy atom. The summed E-state index contributed by atoms with van der Waals surface area (Å²) in [6, 6.07) is 9.04. The molecule has 5 nitrogen and oxygen atoms in total. The van der Waals surface area contributed by atoms with Crippen molar-refractivity contribution in [1.82, 2.24) is 5.32 Å². The van der Waals surface area contributed by atoms with Crippen molar-refractivity contribution in [3.05, 3.63) is 30.3 Å². The number of carbonyl (C=O) groups excluding carboxylic acids is 1. The molecule has 2 N–H and O–H groups in total. The first-order valence-electron chi connectivity index (χ1n) is 6.27. The molecule has 0 aliphatic carbocycles. The minimum absolute atomic E-state index is 0.0632. The molecule has 0 aliphatic rings. The van der Waals surface area contributed by atoms with Crippen LogP contribution in [0.5, 0.6) is 5.75 Å². The summed E-state index contributed by atoms with van der Waals surface area (Å²) in [6.45, 7) is 2.14. The molecule has 1 unspecified atom stereocenters. The molecular formula is C14H19NO4. The molecule has 5 heteroatoms. The van der Waals surface area contributed by atoms with Crippen LogP contribution in [0.25, 0.3) is 0 Å². The number of carboxylic acids is 1. The average molecular weight is 265 g/mol. The molecular weight excluding hydrogens is 246 g/mol. The summed E-state index contributed by atoms with van der Waals surface area (Å²) in [5, 5.41) is 11.2. The lowest BCUT2D eigenvalue weighted by Gasteiger charge is -2.11. The van der Waals surface area contributed by atoms with Crippen LogP contribution in [-0.2, 0) is 9.59 Å². The number of para-hydroxylation sites is 1. The zero-order valence-electron chi connectivity index (χ0n) is 11.0. The molecule has 0 saturated carbocycles. The van der Waals surface area contributed by atoms with Gasteiger partial charge in [-0.05, 0) is 25.5 Å². The molecule has 0 radical (unpaired) electrons. The summed E-state index contributed by atoms with van der Waals surface area (Å²) >= 11 is 0. The number of amides is 1. The zero-order valence-corrected chi connectivity index (χ0v) is 11.0. The standard InChI is InChI=1S/C14H19NO4/c1-11(10-14(17)18)15-13(16)8-5-9-19-12-6-3-2-4-7-12/h2-4,6-7,11H,5,8-10H2,1H3,(H,15,16)(H,17,18). The van der Waals surface area contributed by atoms with Crippen molar-refractivity contribution in [1.29, 1.82) is 0 Å². The van der Waals surface area contributed by atoms with Gasteiger partial charge in [-0.15, -0.1) is 0 Å². The molecule has 1 rings (SSSR count). The van der Waals surface area contributed by atoms with Crippen molar-refractivity contribution in [2.24, 2.45) is 0 Å². The van der Waals surface area contributed by atoms with E-state index in [0.29, 0.717) is 19.4 Å². The van der Waals surface area contributed by atoms with Gasteiger partial charge in [0.2, 0.25) is 5.91 Å². The maximum atomic E-state index is 11.5. The molecule has 0 heterocycles. The number of carboxylic acid groups (broad SMARTS) is 1. The van der Waals surface area contributed by atoms with Crippen molar-refractivity contribution in [2.75, 3.05) is 6.61 Å². The predicted octanol–water partition coefficient (Wildman–Crippen LogP) is 1.82. The highest BCUT2D eigenvalue weighted by atomic mass is 16.5. The van der Waals surface area contributed by atoms with Crippen LogP contribution in [0, 0.1) is 0 Å². The van der Waals surface area contributed by atoms with Gasteiger partial charge in [0.25, 0.3) is 0 Å². The fourth-order valence-electron chi connectivity index (χ4n) is 1.60. The Bertz CT molecular complexity index is 405. The second kappa shape index (κ2) is 8.13. The quantitative estimate of drug-likeness (QED) is 0.703. The Morgan fingerprint density at radius 1 is 1.32 bits per heavy atom. The maximum absolute atomic E-state index is 11.5. The van der Waals surface area contributed by atoms with E-state index in [2.05, 4.69) is 5.32 Å². The highest BCUT2D eigenvalue weighted by molar-refractivity contribution is 5.77. The molecule has 0 bridgehead atoms. The van der Waals surface area contributed by atoms with Crippen molar-refractivity contribution in [3.8, 4) is 5.75 Å². The monoisotopic (exact) mass is 265 g/mol. The third kappa shape index (κ3) is 7.08. The molecule has 1 amide bonds. The third-order valence-electron chi connectivity index (χ3n) is 2.45. The van der Waals surface area contributed by atoms with Crippen LogP contribution in [0.1, 0.15) is 26.2 Å². The minimum Gasteiger partial charge on any atom is -0.494 e. The highest BCUT2D eigenvalue weighted by Crippen LogP contribution is 2.08. The Hall–Kier alpha value is -2.04. The molecule has 0 aromatic heterocycles. The number of hydrogen-bond acceptors (Lipinski definition) is 3. The second-order valence-corrected chi connectivity index (χ2v) is 4.33. The number of nitrogens with one attached hydrogen (secondary N) is 1. The van der Waals surface area contributed by atoms with Gasteiger partial charge in [-0.1, -0.05) is 18.2 Å². The van der Waals surface area contributed by atoms with Gasteiger partial charge in [-0.25, -0.2) is 0 Å². The molecule has 0 saturated heterocycles. The number of ether oxygens (including phenoxy) is 1. The summed E-state index contributed by atoms with van der Waals surface area (Å²) in [5.41, 5.74) is 0. The van der Waals surface area contributed by atoms with E-state index in [0.717, 1.165) is 5.75 Å². The van der Waals surface area contributed by atoms with E-state index in [1.54, 1.807) is 6.92 Å². The van der Waals surface area contributed by atoms with Crippen LogP contribution in [0.15, 0.2) is 30.3 Å². The largest absolute Gasteiger partial charge is 0.494 e. The Balaban J connectivity index is 2.12. The van der Waals surface area contributed by atoms with Crippen molar-refractivity contribution < 1.29 is 19.4 Å². The number of benzene rings is 1. The number of rotatable bonds is 8. The minimum atomic E-state index is -0.916. The van der Waals surface area contributed by atoms with E-state index in [4.69, 9.17) is 9.84 Å². The Kier molecular flexibility index (Phi) is 6.43. The van der Waals surface area contributed by atoms with Gasteiger partial charge >= 0.3 is 5.97 Å². The fourth-order valence-corrected chi connectivity index (χ4v) is 1.60. The molecule has 19 heavy (non-hydrogen) atoms. The van der Waals surface area contributed by atoms with Gasteiger partial charge in [-0.3, -0.25) is 9.59 Å². The molecule has 0 spiro atoms. The van der Waals surface area contributed by atoms with Gasteiger partial charge in [0.05, 0.1) is 13.0 Å². The van der Waals surface area contributed by atoms with Crippen molar-refractivity contribution in [3.63, 3.8) is 0 Å². The van der Waals surface area contributed by atoms with Gasteiger partial charge in [-0.2, -0.15) is 0 Å². The maximum Gasteiger partial charge on any atom is 0.305 e. The first kappa shape index (κ1) is 15.0. The molecule has 1 atom stereocenters.